The van der Waals surface area contributed by atoms with Gasteiger partial charge in [0.05, 0.1) is 12.4 Å². The summed E-state index contributed by atoms with van der Waals surface area (Å²) in [7, 11) is 0. The molecule has 1 heterocycles. The van der Waals surface area contributed by atoms with Gasteiger partial charge in [-0.15, -0.1) is 0 Å². The standard InChI is InChI=1S/C16H32N2/c1-3-5-7-9-11-15(12-10-8-6-4-2)16-17-13-14-18-16/h15H,3-14H2,1-2H3,(H,17,18). The first-order valence-corrected chi connectivity index (χ1v) is 8.16. The fourth-order valence-electron chi connectivity index (χ4n) is 2.74. The average molecular weight is 252 g/mol. The number of hydrogen-bond donors (Lipinski definition) is 1. The normalized spacial score (nSPS) is 14.9. The third-order valence-electron chi connectivity index (χ3n) is 3.90. The first-order valence-electron chi connectivity index (χ1n) is 8.16. The topological polar surface area (TPSA) is 24.4 Å². The highest BCUT2D eigenvalue weighted by molar-refractivity contribution is 5.85. The Morgan fingerprint density at radius 1 is 0.944 bits per heavy atom. The van der Waals surface area contributed by atoms with E-state index in [1.165, 1.54) is 70.0 Å². The summed E-state index contributed by atoms with van der Waals surface area (Å²) in [6, 6.07) is 0. The molecule has 106 valence electrons. The zero-order valence-corrected chi connectivity index (χ0v) is 12.5. The lowest BCUT2D eigenvalue weighted by molar-refractivity contribution is 0.488. The molecule has 0 saturated heterocycles. The van der Waals surface area contributed by atoms with Gasteiger partial charge in [-0.2, -0.15) is 0 Å². The molecular formula is C16H32N2. The molecule has 1 aliphatic rings. The van der Waals surface area contributed by atoms with Crippen LogP contribution >= 0.6 is 0 Å². The number of nitrogens with one attached hydrogen (secondary N) is 1. The lowest BCUT2D eigenvalue weighted by Gasteiger charge is -2.17. The molecule has 0 unspecified atom stereocenters. The lowest BCUT2D eigenvalue weighted by atomic mass is 9.93. The molecule has 0 fully saturated rings. The molecule has 18 heavy (non-hydrogen) atoms. The summed E-state index contributed by atoms with van der Waals surface area (Å²) in [6.07, 6.45) is 13.7. The molecule has 2 nitrogen and oxygen atoms in total. The number of amidine groups is 1. The molecule has 1 aliphatic heterocycles. The van der Waals surface area contributed by atoms with Crippen molar-refractivity contribution in [3.8, 4) is 0 Å². The van der Waals surface area contributed by atoms with E-state index in [-0.39, 0.29) is 0 Å². The van der Waals surface area contributed by atoms with Gasteiger partial charge in [0.1, 0.15) is 0 Å². The van der Waals surface area contributed by atoms with E-state index >= 15 is 0 Å². The van der Waals surface area contributed by atoms with Crippen LogP contribution in [0.3, 0.4) is 0 Å². The maximum atomic E-state index is 4.64. The second-order valence-corrected chi connectivity index (χ2v) is 5.59. The number of unbranched alkanes of at least 4 members (excludes halogenated alkanes) is 6. The molecule has 0 bridgehead atoms. The number of rotatable bonds is 11. The van der Waals surface area contributed by atoms with Crippen LogP contribution in [-0.2, 0) is 0 Å². The van der Waals surface area contributed by atoms with Gasteiger partial charge in [-0.25, -0.2) is 0 Å². The van der Waals surface area contributed by atoms with Crippen LogP contribution in [0.25, 0.3) is 0 Å². The summed E-state index contributed by atoms with van der Waals surface area (Å²) in [5, 5.41) is 3.49. The molecule has 0 amide bonds. The molecule has 0 radical (unpaired) electrons. The summed E-state index contributed by atoms with van der Waals surface area (Å²) >= 11 is 0. The molecule has 1 rings (SSSR count). The Labute approximate surface area is 114 Å². The Hall–Kier alpha value is -0.530. The predicted octanol–water partition coefficient (Wildman–Crippen LogP) is 4.55. The van der Waals surface area contributed by atoms with E-state index in [2.05, 4.69) is 24.2 Å². The smallest absolute Gasteiger partial charge is 0.0995 e. The Morgan fingerprint density at radius 2 is 1.56 bits per heavy atom. The molecule has 0 aromatic carbocycles. The van der Waals surface area contributed by atoms with Crippen LogP contribution in [0.15, 0.2) is 4.99 Å². The van der Waals surface area contributed by atoms with Crippen molar-refractivity contribution in [3.63, 3.8) is 0 Å². The van der Waals surface area contributed by atoms with Crippen LogP contribution in [0, 0.1) is 5.92 Å². The molecule has 0 saturated carbocycles. The molecule has 0 aliphatic carbocycles. The molecule has 0 spiro atoms. The zero-order chi connectivity index (χ0) is 13.1. The van der Waals surface area contributed by atoms with E-state index in [0.717, 1.165) is 19.0 Å². The van der Waals surface area contributed by atoms with Gasteiger partial charge in [-0.1, -0.05) is 65.2 Å². The minimum atomic E-state index is 0.723. The van der Waals surface area contributed by atoms with Gasteiger partial charge in [0.25, 0.3) is 0 Å². The van der Waals surface area contributed by atoms with Crippen LogP contribution < -0.4 is 5.32 Å². The van der Waals surface area contributed by atoms with Crippen molar-refractivity contribution in [1.29, 1.82) is 0 Å². The van der Waals surface area contributed by atoms with E-state index < -0.39 is 0 Å². The van der Waals surface area contributed by atoms with Crippen LogP contribution in [-0.4, -0.2) is 18.9 Å². The summed E-state index contributed by atoms with van der Waals surface area (Å²) in [5.74, 6) is 2.05. The Kier molecular flexibility index (Phi) is 8.97. The highest BCUT2D eigenvalue weighted by atomic mass is 15.1. The fraction of sp³-hybridized carbons (Fsp3) is 0.938. The first-order chi connectivity index (χ1) is 8.88. The Morgan fingerprint density at radius 3 is 2.00 bits per heavy atom. The molecule has 0 aromatic heterocycles. The Balaban J connectivity index is 2.23. The maximum absolute atomic E-state index is 4.64. The highest BCUT2D eigenvalue weighted by Gasteiger charge is 2.17. The summed E-state index contributed by atoms with van der Waals surface area (Å²) in [6.45, 7) is 6.63. The van der Waals surface area contributed by atoms with Crippen LogP contribution in [0.5, 0.6) is 0 Å². The lowest BCUT2D eigenvalue weighted by Crippen LogP contribution is -2.27. The maximum Gasteiger partial charge on any atom is 0.0995 e. The van der Waals surface area contributed by atoms with Crippen molar-refractivity contribution in [3.05, 3.63) is 0 Å². The summed E-state index contributed by atoms with van der Waals surface area (Å²) < 4.78 is 0. The number of hydrogen-bond acceptors (Lipinski definition) is 2. The van der Waals surface area contributed by atoms with Gasteiger partial charge in [0.2, 0.25) is 0 Å². The first kappa shape index (κ1) is 15.5. The molecule has 1 N–H and O–H groups in total. The summed E-state index contributed by atoms with van der Waals surface area (Å²) in [4.78, 5) is 4.64. The van der Waals surface area contributed by atoms with Crippen molar-refractivity contribution in [2.24, 2.45) is 10.9 Å². The molecular weight excluding hydrogens is 220 g/mol. The van der Waals surface area contributed by atoms with E-state index in [1.54, 1.807) is 0 Å². The van der Waals surface area contributed by atoms with E-state index in [4.69, 9.17) is 0 Å². The zero-order valence-electron chi connectivity index (χ0n) is 12.5. The minimum Gasteiger partial charge on any atom is -0.372 e. The fourth-order valence-corrected chi connectivity index (χ4v) is 2.74. The van der Waals surface area contributed by atoms with Crippen molar-refractivity contribution in [2.75, 3.05) is 13.1 Å². The third-order valence-corrected chi connectivity index (χ3v) is 3.90. The SMILES string of the molecule is CCCCCCC(CCCCCC)C1=NCCN1. The second-order valence-electron chi connectivity index (χ2n) is 5.59. The Bertz CT molecular complexity index is 211. The number of nitrogens with zero attached hydrogens (tertiary/aromatic N) is 1. The van der Waals surface area contributed by atoms with Gasteiger partial charge in [0.15, 0.2) is 0 Å². The number of aliphatic imine (C=N–C) groups is 1. The van der Waals surface area contributed by atoms with E-state index in [0.29, 0.717) is 0 Å². The monoisotopic (exact) mass is 252 g/mol. The van der Waals surface area contributed by atoms with E-state index in [1.807, 2.05) is 0 Å². The van der Waals surface area contributed by atoms with Gasteiger partial charge in [-0.05, 0) is 12.8 Å². The second kappa shape index (κ2) is 10.4. The van der Waals surface area contributed by atoms with Crippen LogP contribution in [0.2, 0.25) is 0 Å². The van der Waals surface area contributed by atoms with Crippen LogP contribution in [0.4, 0.5) is 0 Å². The summed E-state index contributed by atoms with van der Waals surface area (Å²) in [5.41, 5.74) is 0. The predicted molar refractivity (Wildman–Crippen MR) is 81.3 cm³/mol. The van der Waals surface area contributed by atoms with Crippen molar-refractivity contribution < 1.29 is 0 Å². The minimum absolute atomic E-state index is 0.723. The van der Waals surface area contributed by atoms with Crippen LogP contribution in [0.1, 0.15) is 78.1 Å². The van der Waals surface area contributed by atoms with Gasteiger partial charge in [0, 0.05) is 12.5 Å². The molecule has 0 atom stereocenters. The van der Waals surface area contributed by atoms with Crippen molar-refractivity contribution in [2.45, 2.75) is 78.1 Å². The average Bonchev–Trinajstić information content (AvgIpc) is 2.91. The van der Waals surface area contributed by atoms with Gasteiger partial charge in [-0.3, -0.25) is 4.99 Å². The van der Waals surface area contributed by atoms with Crippen molar-refractivity contribution >= 4 is 5.84 Å². The van der Waals surface area contributed by atoms with Gasteiger partial charge >= 0.3 is 0 Å². The largest absolute Gasteiger partial charge is 0.372 e. The van der Waals surface area contributed by atoms with Gasteiger partial charge < -0.3 is 5.32 Å². The molecule has 2 heteroatoms. The molecule has 0 aromatic rings. The highest BCUT2D eigenvalue weighted by Crippen LogP contribution is 2.20. The third kappa shape index (κ3) is 6.42. The van der Waals surface area contributed by atoms with Crippen molar-refractivity contribution in [1.82, 2.24) is 5.32 Å². The van der Waals surface area contributed by atoms with E-state index in [9.17, 15) is 0 Å². The quantitative estimate of drug-likeness (QED) is 0.536.